The van der Waals surface area contributed by atoms with Crippen molar-refractivity contribution in [1.82, 2.24) is 20.4 Å². The summed E-state index contributed by atoms with van der Waals surface area (Å²) in [6.45, 7) is 5.64. The normalized spacial score (nSPS) is 14.9. The van der Waals surface area contributed by atoms with Gasteiger partial charge in [-0.05, 0) is 36.2 Å². The van der Waals surface area contributed by atoms with E-state index in [1.807, 2.05) is 37.4 Å². The summed E-state index contributed by atoms with van der Waals surface area (Å²) < 4.78 is 0.851. The van der Waals surface area contributed by atoms with Gasteiger partial charge in [0.25, 0.3) is 5.91 Å². The zero-order valence-corrected chi connectivity index (χ0v) is 21.3. The molecule has 0 atom stereocenters. The summed E-state index contributed by atoms with van der Waals surface area (Å²) >= 11 is 7.69. The summed E-state index contributed by atoms with van der Waals surface area (Å²) in [4.78, 5) is 22.3. The number of hydrogen-bond acceptors (Lipinski definition) is 4. The number of carbonyl (C=O) groups is 1. The van der Waals surface area contributed by atoms with E-state index in [0.29, 0.717) is 5.56 Å². The van der Waals surface area contributed by atoms with Crippen molar-refractivity contribution in [3.63, 3.8) is 0 Å². The second-order valence-electron chi connectivity index (χ2n) is 6.97. The van der Waals surface area contributed by atoms with Crippen molar-refractivity contribution < 1.29 is 4.79 Å². The number of halogens is 2. The second-order valence-corrected chi connectivity index (χ2v) is 8.77. The fourth-order valence-electron chi connectivity index (χ4n) is 3.44. The maximum Gasteiger partial charge on any atom is 0.251 e. The van der Waals surface area contributed by atoms with Crippen molar-refractivity contribution >= 4 is 58.8 Å². The molecular weight excluding hydrogens is 533 g/mol. The SMILES string of the molecule is CN=C(NCCc1cccc(C(=O)NC)c1)N1CCN(Cc2ccc(Cl)s2)CC1.I. The zero-order chi connectivity index (χ0) is 20.6. The Morgan fingerprint density at radius 2 is 1.97 bits per heavy atom. The predicted octanol–water partition coefficient (Wildman–Crippen LogP) is 3.31. The smallest absolute Gasteiger partial charge is 0.251 e. The summed E-state index contributed by atoms with van der Waals surface area (Å²) in [5.74, 6) is 0.879. The van der Waals surface area contributed by atoms with Crippen LogP contribution in [0.4, 0.5) is 0 Å². The van der Waals surface area contributed by atoms with Crippen LogP contribution in [0.1, 0.15) is 20.8 Å². The molecule has 0 saturated carbocycles. The number of aliphatic imine (C=N–C) groups is 1. The van der Waals surface area contributed by atoms with Gasteiger partial charge in [0, 0.05) is 63.8 Å². The van der Waals surface area contributed by atoms with E-state index in [2.05, 4.69) is 31.5 Å². The molecule has 1 aromatic carbocycles. The van der Waals surface area contributed by atoms with Gasteiger partial charge in [-0.15, -0.1) is 35.3 Å². The van der Waals surface area contributed by atoms with Crippen LogP contribution in [-0.4, -0.2) is 68.5 Å². The molecule has 0 spiro atoms. The van der Waals surface area contributed by atoms with Crippen molar-refractivity contribution in [2.45, 2.75) is 13.0 Å². The molecule has 3 rings (SSSR count). The van der Waals surface area contributed by atoms with Crippen LogP contribution in [0.3, 0.4) is 0 Å². The molecule has 164 valence electrons. The van der Waals surface area contributed by atoms with E-state index in [-0.39, 0.29) is 29.9 Å². The summed E-state index contributed by atoms with van der Waals surface area (Å²) in [7, 11) is 3.48. The molecule has 9 heteroatoms. The predicted molar refractivity (Wildman–Crippen MR) is 136 cm³/mol. The fourth-order valence-corrected chi connectivity index (χ4v) is 4.57. The van der Waals surface area contributed by atoms with E-state index in [1.54, 1.807) is 18.4 Å². The van der Waals surface area contributed by atoms with Crippen LogP contribution in [0, 0.1) is 0 Å². The minimum absolute atomic E-state index is 0. The number of benzene rings is 1. The van der Waals surface area contributed by atoms with Crippen LogP contribution >= 0.6 is 46.9 Å². The first-order valence-corrected chi connectivity index (χ1v) is 11.0. The summed E-state index contributed by atoms with van der Waals surface area (Å²) in [5, 5.41) is 6.12. The summed E-state index contributed by atoms with van der Waals surface area (Å²) in [5.41, 5.74) is 1.83. The van der Waals surface area contributed by atoms with Crippen LogP contribution in [0.25, 0.3) is 0 Å². The van der Waals surface area contributed by atoms with Crippen LogP contribution in [0.2, 0.25) is 4.34 Å². The third-order valence-corrected chi connectivity index (χ3v) is 6.22. The number of guanidine groups is 1. The number of rotatable bonds is 6. The van der Waals surface area contributed by atoms with Crippen LogP contribution in [-0.2, 0) is 13.0 Å². The quantitative estimate of drug-likeness (QED) is 0.323. The highest BCUT2D eigenvalue weighted by molar-refractivity contribution is 14.0. The van der Waals surface area contributed by atoms with Crippen molar-refractivity contribution in [1.29, 1.82) is 0 Å². The monoisotopic (exact) mass is 561 g/mol. The van der Waals surface area contributed by atoms with Gasteiger partial charge >= 0.3 is 0 Å². The molecule has 0 aliphatic carbocycles. The lowest BCUT2D eigenvalue weighted by atomic mass is 10.1. The number of nitrogens with zero attached hydrogens (tertiary/aromatic N) is 3. The van der Waals surface area contributed by atoms with Crippen LogP contribution in [0.5, 0.6) is 0 Å². The third kappa shape index (κ3) is 7.11. The van der Waals surface area contributed by atoms with E-state index in [4.69, 9.17) is 11.6 Å². The molecule has 1 aliphatic rings. The van der Waals surface area contributed by atoms with E-state index in [1.165, 1.54) is 4.88 Å². The summed E-state index contributed by atoms with van der Waals surface area (Å²) in [6.07, 6.45) is 0.836. The number of piperazine rings is 1. The molecule has 1 fully saturated rings. The average Bonchev–Trinajstić information content (AvgIpc) is 3.16. The molecule has 6 nitrogen and oxygen atoms in total. The molecule has 0 bridgehead atoms. The lowest BCUT2D eigenvalue weighted by Crippen LogP contribution is -2.52. The largest absolute Gasteiger partial charge is 0.356 e. The molecule has 1 aromatic heterocycles. The first-order valence-electron chi connectivity index (χ1n) is 9.82. The Labute approximate surface area is 204 Å². The third-order valence-electron chi connectivity index (χ3n) is 5.00. The maximum absolute atomic E-state index is 11.8. The number of hydrogen-bond donors (Lipinski definition) is 2. The first kappa shape index (κ1) is 24.9. The van der Waals surface area contributed by atoms with E-state index >= 15 is 0 Å². The average molecular weight is 562 g/mol. The highest BCUT2D eigenvalue weighted by atomic mass is 127. The van der Waals surface area contributed by atoms with Crippen LogP contribution in [0.15, 0.2) is 41.4 Å². The number of thiophene rings is 1. The van der Waals surface area contributed by atoms with E-state index in [9.17, 15) is 4.79 Å². The number of amides is 1. The Kier molecular flexibility index (Phi) is 10.4. The molecule has 30 heavy (non-hydrogen) atoms. The van der Waals surface area contributed by atoms with E-state index in [0.717, 1.165) is 61.5 Å². The molecule has 1 aliphatic heterocycles. The van der Waals surface area contributed by atoms with Gasteiger partial charge in [0.05, 0.1) is 4.34 Å². The Morgan fingerprint density at radius 1 is 1.20 bits per heavy atom. The molecule has 0 radical (unpaired) electrons. The number of carbonyl (C=O) groups excluding carboxylic acids is 1. The van der Waals surface area contributed by atoms with Gasteiger partial charge in [0.2, 0.25) is 0 Å². The Morgan fingerprint density at radius 3 is 2.60 bits per heavy atom. The minimum atomic E-state index is -0.0571. The van der Waals surface area contributed by atoms with Crippen molar-refractivity contribution in [2.24, 2.45) is 4.99 Å². The van der Waals surface area contributed by atoms with Gasteiger partial charge in [-0.1, -0.05) is 23.7 Å². The Hall–Kier alpha value is -1.36. The zero-order valence-electron chi connectivity index (χ0n) is 17.4. The minimum Gasteiger partial charge on any atom is -0.356 e. The standard InChI is InChI=1S/C21H28ClN5OS.HI/c1-23-20(28)17-5-3-4-16(14-17)8-9-25-21(24-2)27-12-10-26(11-13-27)15-18-6-7-19(22)29-18;/h3-7,14H,8-13,15H2,1-2H3,(H,23,28)(H,24,25);1H. The maximum atomic E-state index is 11.8. The van der Waals surface area contributed by atoms with E-state index < -0.39 is 0 Å². The molecule has 1 saturated heterocycles. The van der Waals surface area contributed by atoms with Gasteiger partial charge < -0.3 is 15.5 Å². The Balaban J connectivity index is 0.00000320. The van der Waals surface area contributed by atoms with Gasteiger partial charge in [-0.2, -0.15) is 0 Å². The number of nitrogens with one attached hydrogen (secondary N) is 2. The van der Waals surface area contributed by atoms with Crippen molar-refractivity contribution in [3.8, 4) is 0 Å². The Bertz CT molecular complexity index is 851. The molecule has 2 N–H and O–H groups in total. The molecule has 2 aromatic rings. The highest BCUT2D eigenvalue weighted by Crippen LogP contribution is 2.23. The molecule has 2 heterocycles. The molecular formula is C21H29ClIN5OS. The van der Waals surface area contributed by atoms with Gasteiger partial charge in [0.15, 0.2) is 5.96 Å². The van der Waals surface area contributed by atoms with Gasteiger partial charge in [-0.3, -0.25) is 14.7 Å². The first-order chi connectivity index (χ1) is 14.1. The lowest BCUT2D eigenvalue weighted by molar-refractivity contribution is 0.0963. The topological polar surface area (TPSA) is 60.0 Å². The van der Waals surface area contributed by atoms with Gasteiger partial charge in [0.1, 0.15) is 0 Å². The molecule has 0 unspecified atom stereocenters. The highest BCUT2D eigenvalue weighted by Gasteiger charge is 2.20. The van der Waals surface area contributed by atoms with Gasteiger partial charge in [-0.25, -0.2) is 0 Å². The van der Waals surface area contributed by atoms with Crippen molar-refractivity contribution in [2.75, 3.05) is 46.8 Å². The molecule has 1 amide bonds. The fraction of sp³-hybridized carbons (Fsp3) is 0.429. The van der Waals surface area contributed by atoms with Crippen molar-refractivity contribution in [3.05, 3.63) is 56.7 Å². The second kappa shape index (κ2) is 12.5. The lowest BCUT2D eigenvalue weighted by Gasteiger charge is -2.36. The van der Waals surface area contributed by atoms with Crippen LogP contribution < -0.4 is 10.6 Å². The summed E-state index contributed by atoms with van der Waals surface area (Å²) in [6, 6.07) is 11.8.